The summed E-state index contributed by atoms with van der Waals surface area (Å²) in [7, 11) is 0. The highest BCUT2D eigenvalue weighted by atomic mass is 19.4. The molecule has 0 unspecified atom stereocenters. The van der Waals surface area contributed by atoms with Crippen LogP contribution in [0.4, 0.5) is 24.5 Å². The van der Waals surface area contributed by atoms with E-state index in [2.05, 4.69) is 5.32 Å². The van der Waals surface area contributed by atoms with E-state index in [1.807, 2.05) is 48.5 Å². The van der Waals surface area contributed by atoms with Crippen LogP contribution in [0.25, 0.3) is 0 Å². The molecule has 1 fully saturated rings. The SMILES string of the molecule is O=C(Nc1ccccc1C(F)(F)F)c1ccc(N2C(=O)[C@@H]3C4c5ccccc5C(c5ccccc54)[C@@H]3C2=O)cc1. The van der Waals surface area contributed by atoms with E-state index in [4.69, 9.17) is 0 Å². The van der Waals surface area contributed by atoms with Crippen molar-refractivity contribution < 1.29 is 27.6 Å². The molecule has 2 bridgehead atoms. The van der Waals surface area contributed by atoms with Gasteiger partial charge in [0, 0.05) is 17.4 Å². The number of halogens is 3. The number of hydrogen-bond donors (Lipinski definition) is 1. The molecule has 8 rings (SSSR count). The summed E-state index contributed by atoms with van der Waals surface area (Å²) in [6, 6.07) is 26.4. The third-order valence-electron chi connectivity index (χ3n) is 8.32. The van der Waals surface area contributed by atoms with Crippen LogP contribution >= 0.6 is 0 Å². The Balaban J connectivity index is 1.20. The van der Waals surface area contributed by atoms with E-state index >= 15 is 0 Å². The summed E-state index contributed by atoms with van der Waals surface area (Å²) in [6.45, 7) is 0. The number of nitrogens with one attached hydrogen (secondary N) is 1. The van der Waals surface area contributed by atoms with E-state index in [1.165, 1.54) is 47.4 Å². The van der Waals surface area contributed by atoms with Crippen molar-refractivity contribution in [3.05, 3.63) is 130 Å². The predicted molar refractivity (Wildman–Crippen MR) is 142 cm³/mol. The summed E-state index contributed by atoms with van der Waals surface area (Å²) in [5, 5.41) is 2.31. The zero-order valence-electron chi connectivity index (χ0n) is 20.9. The monoisotopic (exact) mass is 538 g/mol. The second-order valence-electron chi connectivity index (χ2n) is 10.3. The number of imide groups is 1. The number of carbonyl (C=O) groups excluding carboxylic acids is 3. The number of anilines is 2. The molecular formula is C32H21F3N2O3. The van der Waals surface area contributed by atoms with Gasteiger partial charge in [-0.1, -0.05) is 60.7 Å². The van der Waals surface area contributed by atoms with Crippen LogP contribution in [0.15, 0.2) is 97.1 Å². The molecule has 1 saturated heterocycles. The molecule has 0 radical (unpaired) electrons. The molecule has 2 atom stereocenters. The van der Waals surface area contributed by atoms with Crippen molar-refractivity contribution in [1.82, 2.24) is 0 Å². The topological polar surface area (TPSA) is 66.5 Å². The van der Waals surface area contributed by atoms with Crippen LogP contribution in [-0.4, -0.2) is 17.7 Å². The van der Waals surface area contributed by atoms with Crippen LogP contribution in [-0.2, 0) is 15.8 Å². The largest absolute Gasteiger partial charge is 0.418 e. The molecule has 4 aromatic carbocycles. The minimum atomic E-state index is -4.63. The highest BCUT2D eigenvalue weighted by molar-refractivity contribution is 6.23. The average molecular weight is 539 g/mol. The van der Waals surface area contributed by atoms with Crippen molar-refractivity contribution in [2.24, 2.45) is 11.8 Å². The number of para-hydroxylation sites is 1. The van der Waals surface area contributed by atoms with Gasteiger partial charge < -0.3 is 5.32 Å². The van der Waals surface area contributed by atoms with E-state index < -0.39 is 29.5 Å². The maximum Gasteiger partial charge on any atom is 0.418 e. The lowest BCUT2D eigenvalue weighted by atomic mass is 9.55. The second-order valence-corrected chi connectivity index (χ2v) is 10.3. The Hall–Kier alpha value is -4.72. The average Bonchev–Trinajstić information content (AvgIpc) is 3.23. The van der Waals surface area contributed by atoms with Crippen LogP contribution < -0.4 is 10.2 Å². The fraction of sp³-hybridized carbons (Fsp3) is 0.156. The standard InChI is InChI=1S/C32H21F3N2O3/c33-32(34,35)23-11-5-6-12-24(23)36-29(38)17-13-15-18(16-14-17)37-30(39)27-25-19-7-1-2-8-20(19)26(28(27)31(37)40)22-10-4-3-9-21(22)25/h1-16,25-28H,(H,36,38)/t25?,26?,27-,28+. The molecule has 3 aliphatic carbocycles. The van der Waals surface area contributed by atoms with Crippen LogP contribution in [0, 0.1) is 11.8 Å². The maximum absolute atomic E-state index is 13.9. The first-order valence-corrected chi connectivity index (χ1v) is 12.9. The number of hydrogen-bond acceptors (Lipinski definition) is 3. The van der Waals surface area contributed by atoms with E-state index in [-0.39, 0.29) is 34.9 Å². The highest BCUT2D eigenvalue weighted by Gasteiger charge is 2.61. The quantitative estimate of drug-likeness (QED) is 0.309. The Labute approximate surface area is 227 Å². The Morgan fingerprint density at radius 3 is 1.57 bits per heavy atom. The molecule has 0 saturated carbocycles. The van der Waals surface area contributed by atoms with Gasteiger partial charge in [0.1, 0.15) is 0 Å². The summed E-state index contributed by atoms with van der Waals surface area (Å²) in [5.41, 5.74) is 3.40. The van der Waals surface area contributed by atoms with E-state index in [0.29, 0.717) is 5.69 Å². The van der Waals surface area contributed by atoms with Crippen molar-refractivity contribution in [1.29, 1.82) is 0 Å². The van der Waals surface area contributed by atoms with Gasteiger partial charge in [-0.3, -0.25) is 14.4 Å². The van der Waals surface area contributed by atoms with Crippen molar-refractivity contribution >= 4 is 29.1 Å². The maximum atomic E-state index is 13.9. The van der Waals surface area contributed by atoms with Gasteiger partial charge in [0.25, 0.3) is 5.91 Å². The molecule has 4 aliphatic rings. The summed E-state index contributed by atoms with van der Waals surface area (Å²) < 4.78 is 40.0. The number of alkyl halides is 3. The Morgan fingerprint density at radius 1 is 0.650 bits per heavy atom. The Kier molecular flexibility index (Phi) is 5.26. The molecule has 0 aromatic heterocycles. The van der Waals surface area contributed by atoms with Gasteiger partial charge in [0.05, 0.1) is 28.8 Å². The van der Waals surface area contributed by atoms with Gasteiger partial charge in [-0.25, -0.2) is 4.90 Å². The summed E-state index contributed by atoms with van der Waals surface area (Å²) in [5.74, 6) is -2.85. The Morgan fingerprint density at radius 2 is 1.10 bits per heavy atom. The third-order valence-corrected chi connectivity index (χ3v) is 8.32. The van der Waals surface area contributed by atoms with Crippen molar-refractivity contribution in [2.45, 2.75) is 18.0 Å². The van der Waals surface area contributed by atoms with Crippen LogP contribution in [0.5, 0.6) is 0 Å². The zero-order valence-corrected chi connectivity index (χ0v) is 20.9. The minimum absolute atomic E-state index is 0.0946. The number of carbonyl (C=O) groups is 3. The van der Waals surface area contributed by atoms with E-state index in [0.717, 1.165) is 28.3 Å². The number of nitrogens with zero attached hydrogens (tertiary/aromatic N) is 1. The number of benzene rings is 4. The molecule has 5 nitrogen and oxygen atoms in total. The smallest absolute Gasteiger partial charge is 0.321 e. The molecule has 40 heavy (non-hydrogen) atoms. The van der Waals surface area contributed by atoms with Gasteiger partial charge >= 0.3 is 6.18 Å². The molecule has 3 amide bonds. The van der Waals surface area contributed by atoms with Crippen molar-refractivity contribution in [3.63, 3.8) is 0 Å². The molecule has 1 heterocycles. The lowest BCUT2D eigenvalue weighted by Gasteiger charge is -2.45. The summed E-state index contributed by atoms with van der Waals surface area (Å²) in [4.78, 5) is 41.7. The molecule has 8 heteroatoms. The molecular weight excluding hydrogens is 517 g/mol. The van der Waals surface area contributed by atoms with Gasteiger partial charge in [-0.2, -0.15) is 13.2 Å². The fourth-order valence-electron chi connectivity index (χ4n) is 6.73. The molecule has 1 N–H and O–H groups in total. The lowest BCUT2D eigenvalue weighted by Crippen LogP contribution is -2.41. The first-order valence-electron chi connectivity index (χ1n) is 12.9. The molecule has 4 aromatic rings. The van der Waals surface area contributed by atoms with Gasteiger partial charge in [-0.05, 0) is 58.7 Å². The van der Waals surface area contributed by atoms with Crippen LogP contribution in [0.1, 0.15) is 50.0 Å². The minimum Gasteiger partial charge on any atom is -0.321 e. The van der Waals surface area contributed by atoms with Crippen molar-refractivity contribution in [3.8, 4) is 0 Å². The van der Waals surface area contributed by atoms with Gasteiger partial charge in [-0.15, -0.1) is 0 Å². The summed E-state index contributed by atoms with van der Waals surface area (Å²) >= 11 is 0. The molecule has 1 aliphatic heterocycles. The highest BCUT2D eigenvalue weighted by Crippen LogP contribution is 2.61. The normalized spacial score (nSPS) is 22.5. The van der Waals surface area contributed by atoms with Gasteiger partial charge in [0.15, 0.2) is 0 Å². The number of amides is 3. The van der Waals surface area contributed by atoms with E-state index in [9.17, 15) is 27.6 Å². The van der Waals surface area contributed by atoms with Crippen molar-refractivity contribution in [2.75, 3.05) is 10.2 Å². The third kappa shape index (κ3) is 3.45. The van der Waals surface area contributed by atoms with Crippen LogP contribution in [0.3, 0.4) is 0 Å². The predicted octanol–water partition coefficient (Wildman–Crippen LogP) is 6.35. The summed E-state index contributed by atoms with van der Waals surface area (Å²) in [6.07, 6.45) is -4.63. The molecule has 0 spiro atoms. The number of rotatable bonds is 3. The fourth-order valence-corrected chi connectivity index (χ4v) is 6.73. The zero-order chi connectivity index (χ0) is 27.8. The molecule has 198 valence electrons. The first kappa shape index (κ1) is 24.3. The van der Waals surface area contributed by atoms with E-state index in [1.54, 1.807) is 0 Å². The van der Waals surface area contributed by atoms with Crippen LogP contribution in [0.2, 0.25) is 0 Å². The second kappa shape index (κ2) is 8.64. The van der Waals surface area contributed by atoms with Gasteiger partial charge in [0.2, 0.25) is 11.8 Å². The first-order chi connectivity index (χ1) is 19.3. The lowest BCUT2D eigenvalue weighted by molar-refractivity contribution is -0.137. The Bertz CT molecular complexity index is 1600.